The van der Waals surface area contributed by atoms with Crippen LogP contribution in [0.5, 0.6) is 0 Å². The van der Waals surface area contributed by atoms with Gasteiger partial charge >= 0.3 is 0 Å². The first-order valence-corrected chi connectivity index (χ1v) is 7.52. The van der Waals surface area contributed by atoms with Crippen LogP contribution in [-0.4, -0.2) is 39.2 Å². The molecule has 0 spiro atoms. The smallest absolute Gasteiger partial charge is 0.147 e. The third-order valence-electron chi connectivity index (χ3n) is 2.90. The summed E-state index contributed by atoms with van der Waals surface area (Å²) < 4.78 is 27.3. The second kappa shape index (κ2) is 5.27. The largest absolute Gasteiger partial charge is 0.381 e. The number of nitrogens with two attached hydrogens (primary N) is 1. The molecule has 1 atom stereocenters. The minimum absolute atomic E-state index is 0.207. The molecule has 0 aromatic carbocycles. The molecule has 0 saturated carbocycles. The quantitative estimate of drug-likeness (QED) is 0.779. The van der Waals surface area contributed by atoms with Crippen LogP contribution in [0.1, 0.15) is 32.1 Å². The van der Waals surface area contributed by atoms with Crippen LogP contribution >= 0.6 is 0 Å². The van der Waals surface area contributed by atoms with E-state index in [0.29, 0.717) is 13.0 Å². The molecule has 1 fully saturated rings. The zero-order valence-electron chi connectivity index (χ0n) is 9.37. The molecule has 0 aromatic heterocycles. The summed E-state index contributed by atoms with van der Waals surface area (Å²) in [5, 5.41) is 0. The highest BCUT2D eigenvalue weighted by Gasteiger charge is 2.26. The zero-order valence-corrected chi connectivity index (χ0v) is 10.2. The molecule has 0 aliphatic carbocycles. The van der Waals surface area contributed by atoms with Crippen molar-refractivity contribution in [1.29, 1.82) is 0 Å². The molecule has 4 nitrogen and oxygen atoms in total. The van der Waals surface area contributed by atoms with Gasteiger partial charge in [-0.1, -0.05) is 0 Å². The Morgan fingerprint density at radius 1 is 1.33 bits per heavy atom. The van der Waals surface area contributed by atoms with Crippen LogP contribution in [0.4, 0.5) is 0 Å². The Morgan fingerprint density at radius 2 is 2.07 bits per heavy atom. The number of rotatable bonds is 4. The van der Waals surface area contributed by atoms with Crippen LogP contribution in [0.2, 0.25) is 0 Å². The SMILES string of the molecule is CS(=O)(=O)CCCC1(N)CCCOCC1. The Kier molecular flexibility index (Phi) is 4.55. The Labute approximate surface area is 92.1 Å². The van der Waals surface area contributed by atoms with Crippen molar-refractivity contribution in [2.24, 2.45) is 5.73 Å². The van der Waals surface area contributed by atoms with Gasteiger partial charge in [0, 0.05) is 30.8 Å². The summed E-state index contributed by atoms with van der Waals surface area (Å²) in [5.74, 6) is 0.243. The highest BCUT2D eigenvalue weighted by molar-refractivity contribution is 7.90. The van der Waals surface area contributed by atoms with Crippen LogP contribution in [0.25, 0.3) is 0 Å². The molecule has 1 heterocycles. The molecule has 1 unspecified atom stereocenters. The summed E-state index contributed by atoms with van der Waals surface area (Å²) >= 11 is 0. The Bertz CT molecular complexity index is 279. The van der Waals surface area contributed by atoms with Crippen molar-refractivity contribution in [3.8, 4) is 0 Å². The van der Waals surface area contributed by atoms with E-state index in [0.717, 1.165) is 32.3 Å². The van der Waals surface area contributed by atoms with E-state index in [1.165, 1.54) is 6.26 Å². The lowest BCUT2D eigenvalue weighted by atomic mass is 9.87. The van der Waals surface area contributed by atoms with E-state index in [-0.39, 0.29) is 11.3 Å². The first-order chi connectivity index (χ1) is 6.91. The Balaban J connectivity index is 2.34. The Morgan fingerprint density at radius 3 is 2.73 bits per heavy atom. The van der Waals surface area contributed by atoms with Gasteiger partial charge in [0.05, 0.1) is 0 Å². The van der Waals surface area contributed by atoms with Gasteiger partial charge in [-0.15, -0.1) is 0 Å². The van der Waals surface area contributed by atoms with Gasteiger partial charge in [0.1, 0.15) is 9.84 Å². The summed E-state index contributed by atoms with van der Waals surface area (Å²) in [6.45, 7) is 1.49. The lowest BCUT2D eigenvalue weighted by molar-refractivity contribution is 0.139. The van der Waals surface area contributed by atoms with Gasteiger partial charge < -0.3 is 10.5 Å². The molecule has 90 valence electrons. The number of ether oxygens (including phenoxy) is 1. The predicted molar refractivity (Wildman–Crippen MR) is 60.5 cm³/mol. The monoisotopic (exact) mass is 235 g/mol. The van der Waals surface area contributed by atoms with Crippen molar-refractivity contribution in [3.05, 3.63) is 0 Å². The van der Waals surface area contributed by atoms with Crippen molar-refractivity contribution in [1.82, 2.24) is 0 Å². The summed E-state index contributed by atoms with van der Waals surface area (Å²) in [5.41, 5.74) is 6.01. The maximum atomic E-state index is 11.0. The second-order valence-electron chi connectivity index (χ2n) is 4.56. The molecule has 0 radical (unpaired) electrons. The van der Waals surface area contributed by atoms with E-state index in [1.807, 2.05) is 0 Å². The average molecular weight is 235 g/mol. The van der Waals surface area contributed by atoms with Crippen molar-refractivity contribution >= 4 is 9.84 Å². The predicted octanol–water partition coefficient (Wildman–Crippen LogP) is 0.709. The van der Waals surface area contributed by atoms with E-state index in [9.17, 15) is 8.42 Å². The van der Waals surface area contributed by atoms with Crippen LogP contribution < -0.4 is 5.73 Å². The van der Waals surface area contributed by atoms with Gasteiger partial charge in [0.15, 0.2) is 0 Å². The molecule has 1 aliphatic rings. The fourth-order valence-corrected chi connectivity index (χ4v) is 2.63. The lowest BCUT2D eigenvalue weighted by Gasteiger charge is -2.27. The number of sulfone groups is 1. The first kappa shape index (κ1) is 12.9. The minimum Gasteiger partial charge on any atom is -0.381 e. The van der Waals surface area contributed by atoms with Gasteiger partial charge in [0.25, 0.3) is 0 Å². The fraction of sp³-hybridized carbons (Fsp3) is 1.00. The van der Waals surface area contributed by atoms with Crippen molar-refractivity contribution in [2.75, 3.05) is 25.2 Å². The molecule has 0 bridgehead atoms. The van der Waals surface area contributed by atoms with E-state index < -0.39 is 9.84 Å². The summed E-state index contributed by atoms with van der Waals surface area (Å²) in [6, 6.07) is 0. The summed E-state index contributed by atoms with van der Waals surface area (Å²) in [4.78, 5) is 0. The van der Waals surface area contributed by atoms with Crippen molar-refractivity contribution < 1.29 is 13.2 Å². The van der Waals surface area contributed by atoms with Gasteiger partial charge in [-0.3, -0.25) is 0 Å². The molecule has 0 aromatic rings. The zero-order chi connectivity index (χ0) is 11.4. The van der Waals surface area contributed by atoms with Crippen LogP contribution in [-0.2, 0) is 14.6 Å². The normalized spacial score (nSPS) is 28.7. The van der Waals surface area contributed by atoms with E-state index in [4.69, 9.17) is 10.5 Å². The van der Waals surface area contributed by atoms with Gasteiger partial charge in [-0.25, -0.2) is 8.42 Å². The molecule has 0 amide bonds. The van der Waals surface area contributed by atoms with Gasteiger partial charge in [-0.05, 0) is 32.1 Å². The summed E-state index contributed by atoms with van der Waals surface area (Å²) in [7, 11) is -2.85. The molecule has 1 aliphatic heterocycles. The lowest BCUT2D eigenvalue weighted by Crippen LogP contribution is -2.40. The highest BCUT2D eigenvalue weighted by Crippen LogP contribution is 2.23. The molecular weight excluding hydrogens is 214 g/mol. The Hall–Kier alpha value is -0.130. The molecule has 5 heteroatoms. The second-order valence-corrected chi connectivity index (χ2v) is 6.82. The molecule has 1 rings (SSSR count). The number of hydrogen-bond acceptors (Lipinski definition) is 4. The van der Waals surface area contributed by atoms with Crippen molar-refractivity contribution in [2.45, 2.75) is 37.6 Å². The third kappa shape index (κ3) is 5.49. The average Bonchev–Trinajstić information content (AvgIpc) is 2.28. The maximum Gasteiger partial charge on any atom is 0.147 e. The van der Waals surface area contributed by atoms with E-state index >= 15 is 0 Å². The third-order valence-corrected chi connectivity index (χ3v) is 3.93. The van der Waals surface area contributed by atoms with Gasteiger partial charge in [-0.2, -0.15) is 0 Å². The molecular formula is C10H21NO3S. The van der Waals surface area contributed by atoms with Crippen molar-refractivity contribution in [3.63, 3.8) is 0 Å². The topological polar surface area (TPSA) is 69.4 Å². The van der Waals surface area contributed by atoms with Crippen LogP contribution in [0, 0.1) is 0 Å². The molecule has 1 saturated heterocycles. The minimum atomic E-state index is -2.85. The van der Waals surface area contributed by atoms with E-state index in [2.05, 4.69) is 0 Å². The van der Waals surface area contributed by atoms with Crippen LogP contribution in [0.15, 0.2) is 0 Å². The maximum absolute atomic E-state index is 11.0. The standard InChI is InChI=1S/C10H21NO3S/c1-15(12,13)9-3-5-10(11)4-2-7-14-8-6-10/h2-9,11H2,1H3. The first-order valence-electron chi connectivity index (χ1n) is 5.46. The highest BCUT2D eigenvalue weighted by atomic mass is 32.2. The van der Waals surface area contributed by atoms with Crippen LogP contribution in [0.3, 0.4) is 0 Å². The summed E-state index contributed by atoms with van der Waals surface area (Å²) in [6.07, 6.45) is 5.48. The molecule has 2 N–H and O–H groups in total. The fourth-order valence-electron chi connectivity index (χ4n) is 1.97. The molecule has 15 heavy (non-hydrogen) atoms. The van der Waals surface area contributed by atoms with Gasteiger partial charge in [0.2, 0.25) is 0 Å². The van der Waals surface area contributed by atoms with E-state index in [1.54, 1.807) is 0 Å². The number of hydrogen-bond donors (Lipinski definition) is 1.